The van der Waals surface area contributed by atoms with Gasteiger partial charge in [-0.2, -0.15) is 0 Å². The van der Waals surface area contributed by atoms with E-state index in [-0.39, 0.29) is 15.9 Å². The lowest BCUT2D eigenvalue weighted by atomic mass is 10.2. The number of piperazine rings is 1. The Kier molecular flexibility index (Phi) is 8.06. The van der Waals surface area contributed by atoms with Crippen molar-refractivity contribution in [3.8, 4) is 5.75 Å². The predicted octanol–water partition coefficient (Wildman–Crippen LogP) is 5.86. The number of carbonyl (C=O) groups is 1. The summed E-state index contributed by atoms with van der Waals surface area (Å²) >= 11 is 7.24. The maximum Gasteiger partial charge on any atom is 0.263 e. The molecule has 0 unspecified atom stereocenters. The molecule has 1 aliphatic rings. The summed E-state index contributed by atoms with van der Waals surface area (Å²) in [6.07, 6.45) is 1.61. The van der Waals surface area contributed by atoms with Gasteiger partial charge in [-0.15, -0.1) is 0 Å². The van der Waals surface area contributed by atoms with E-state index in [2.05, 4.69) is 24.9 Å². The molecule has 0 atom stereocenters. The molecule has 0 aliphatic carbocycles. The third-order valence-electron chi connectivity index (χ3n) is 7.04. The maximum absolute atomic E-state index is 13.5. The lowest BCUT2D eigenvalue weighted by Crippen LogP contribution is -2.48. The molecule has 1 aliphatic heterocycles. The molecule has 1 saturated heterocycles. The normalized spacial score (nSPS) is 13.6. The van der Waals surface area contributed by atoms with Crippen molar-refractivity contribution < 1.29 is 17.9 Å². The Morgan fingerprint density at radius 1 is 0.977 bits per heavy atom. The van der Waals surface area contributed by atoms with Gasteiger partial charge in [0.05, 0.1) is 27.8 Å². The fourth-order valence-corrected chi connectivity index (χ4v) is 7.16. The number of aromatic nitrogens is 2. The molecule has 220 valence electrons. The highest BCUT2D eigenvalue weighted by atomic mass is 35.5. The Balaban J connectivity index is 1.11. The van der Waals surface area contributed by atoms with Crippen LogP contribution in [0.5, 0.6) is 5.75 Å². The Morgan fingerprint density at radius 3 is 2.44 bits per heavy atom. The lowest BCUT2D eigenvalue weighted by molar-refractivity contribution is 0.0747. The number of methoxy groups -OCH3 is 1. The van der Waals surface area contributed by atoms with E-state index in [1.807, 2.05) is 29.2 Å². The highest BCUT2D eigenvalue weighted by Crippen LogP contribution is 2.30. The lowest BCUT2D eigenvalue weighted by Gasteiger charge is -2.36. The molecular weight excluding hydrogens is 608 g/mol. The van der Waals surface area contributed by atoms with Crippen LogP contribution < -0.4 is 19.7 Å². The van der Waals surface area contributed by atoms with E-state index in [0.29, 0.717) is 53.8 Å². The van der Waals surface area contributed by atoms with Gasteiger partial charge in [-0.05, 0) is 78.9 Å². The molecule has 43 heavy (non-hydrogen) atoms. The molecule has 3 aromatic carbocycles. The van der Waals surface area contributed by atoms with Gasteiger partial charge in [-0.1, -0.05) is 22.9 Å². The molecule has 0 radical (unpaired) electrons. The van der Waals surface area contributed by atoms with E-state index in [1.165, 1.54) is 23.5 Å². The number of nitrogens with one attached hydrogen (secondary N) is 2. The first kappa shape index (κ1) is 28.7. The second-order valence-corrected chi connectivity index (χ2v) is 12.9. The van der Waals surface area contributed by atoms with Crippen LogP contribution in [-0.4, -0.2) is 62.5 Å². The van der Waals surface area contributed by atoms with Crippen LogP contribution in [0.2, 0.25) is 5.02 Å². The quantitative estimate of drug-likeness (QED) is 0.218. The van der Waals surface area contributed by atoms with Gasteiger partial charge in [-0.3, -0.25) is 9.52 Å². The Hall–Kier alpha value is -4.39. The molecule has 5 aromatic rings. The highest BCUT2D eigenvalue weighted by Gasteiger charge is 2.25. The molecule has 1 amide bonds. The summed E-state index contributed by atoms with van der Waals surface area (Å²) in [7, 11) is -2.23. The Morgan fingerprint density at radius 2 is 1.72 bits per heavy atom. The van der Waals surface area contributed by atoms with E-state index in [1.54, 1.807) is 55.8 Å². The second kappa shape index (κ2) is 12.1. The van der Waals surface area contributed by atoms with Crippen molar-refractivity contribution in [3.63, 3.8) is 0 Å². The summed E-state index contributed by atoms with van der Waals surface area (Å²) < 4.78 is 34.6. The summed E-state index contributed by atoms with van der Waals surface area (Å²) in [5, 5.41) is 3.98. The van der Waals surface area contributed by atoms with Crippen LogP contribution in [0.3, 0.4) is 0 Å². The number of thiazole rings is 1. The van der Waals surface area contributed by atoms with Gasteiger partial charge in [-0.25, -0.2) is 18.4 Å². The first-order chi connectivity index (χ1) is 20.8. The van der Waals surface area contributed by atoms with E-state index >= 15 is 0 Å². The van der Waals surface area contributed by atoms with Gasteiger partial charge in [0, 0.05) is 48.8 Å². The standard InChI is InChI=1S/C30H27ClN6O4S2/c1-41-23-9-7-22(8-10-23)36-15-17-37(18-16-36)29(38)25-3-2-14-32-28(25)33-21-5-11-24(12-6-21)43(39,40)35-30-34-26-13-4-20(31)19-27(26)42-30/h2-14,19H,15-18H2,1H3,(H,32,33)(H,34,35). The molecule has 3 heterocycles. The number of ether oxygens (including phenoxy) is 1. The summed E-state index contributed by atoms with van der Waals surface area (Å²) in [5.41, 5.74) is 2.77. The number of amides is 1. The first-order valence-corrected chi connectivity index (χ1v) is 16.1. The number of nitrogens with zero attached hydrogens (tertiary/aromatic N) is 4. The van der Waals surface area contributed by atoms with E-state index in [0.717, 1.165) is 16.1 Å². The van der Waals surface area contributed by atoms with Crippen LogP contribution in [-0.2, 0) is 10.0 Å². The number of hydrogen-bond acceptors (Lipinski definition) is 9. The summed E-state index contributed by atoms with van der Waals surface area (Å²) in [4.78, 5) is 26.3. The topological polar surface area (TPSA) is 117 Å². The minimum Gasteiger partial charge on any atom is -0.497 e. The molecule has 6 rings (SSSR count). The van der Waals surface area contributed by atoms with Crippen LogP contribution in [0.25, 0.3) is 10.2 Å². The van der Waals surface area contributed by atoms with Crippen LogP contribution in [0.4, 0.5) is 22.3 Å². The molecule has 10 nitrogen and oxygen atoms in total. The third kappa shape index (κ3) is 6.36. The number of fused-ring (bicyclic) bond motifs is 1. The van der Waals surface area contributed by atoms with Gasteiger partial charge < -0.3 is 19.9 Å². The van der Waals surface area contributed by atoms with E-state index < -0.39 is 10.0 Å². The van der Waals surface area contributed by atoms with Gasteiger partial charge >= 0.3 is 0 Å². The maximum atomic E-state index is 13.5. The number of pyridine rings is 1. The van der Waals surface area contributed by atoms with Crippen LogP contribution >= 0.6 is 22.9 Å². The number of carbonyl (C=O) groups excluding carboxylic acids is 1. The Bertz CT molecular complexity index is 1870. The molecule has 13 heteroatoms. The van der Waals surface area contributed by atoms with E-state index in [9.17, 15) is 13.2 Å². The van der Waals surface area contributed by atoms with Gasteiger partial charge in [0.1, 0.15) is 11.6 Å². The van der Waals surface area contributed by atoms with Crippen molar-refractivity contribution in [2.24, 2.45) is 0 Å². The minimum atomic E-state index is -3.87. The molecule has 1 fully saturated rings. The average molecular weight is 635 g/mol. The summed E-state index contributed by atoms with van der Waals surface area (Å²) in [6.45, 7) is 2.55. The zero-order valence-corrected chi connectivity index (χ0v) is 25.4. The van der Waals surface area contributed by atoms with Crippen LogP contribution in [0, 0.1) is 0 Å². The second-order valence-electron chi connectivity index (χ2n) is 9.76. The fourth-order valence-electron chi connectivity index (χ4n) is 4.78. The van der Waals surface area contributed by atoms with Gasteiger partial charge in [0.25, 0.3) is 15.9 Å². The van der Waals surface area contributed by atoms with Crippen molar-refractivity contribution in [3.05, 3.63) is 95.6 Å². The van der Waals surface area contributed by atoms with Crippen molar-refractivity contribution >= 4 is 71.4 Å². The summed E-state index contributed by atoms with van der Waals surface area (Å²) in [6, 6.07) is 22.8. The molecular formula is C30H27ClN6O4S2. The Labute approximate surface area is 258 Å². The number of rotatable bonds is 8. The van der Waals surface area contributed by atoms with Crippen LogP contribution in [0.1, 0.15) is 10.4 Å². The molecule has 2 N–H and O–H groups in total. The predicted molar refractivity (Wildman–Crippen MR) is 171 cm³/mol. The van der Waals surface area contributed by atoms with Crippen molar-refractivity contribution in [1.29, 1.82) is 0 Å². The SMILES string of the molecule is COc1ccc(N2CCN(C(=O)c3cccnc3Nc3ccc(S(=O)(=O)Nc4nc5ccc(Cl)cc5s4)cc3)CC2)cc1. The number of halogens is 1. The number of hydrogen-bond donors (Lipinski definition) is 2. The van der Waals surface area contributed by atoms with Crippen molar-refractivity contribution in [2.45, 2.75) is 4.90 Å². The van der Waals surface area contributed by atoms with Crippen molar-refractivity contribution in [1.82, 2.24) is 14.9 Å². The summed E-state index contributed by atoms with van der Waals surface area (Å²) in [5.74, 6) is 1.08. The number of sulfonamides is 1. The van der Waals surface area contributed by atoms with E-state index in [4.69, 9.17) is 16.3 Å². The van der Waals surface area contributed by atoms with Gasteiger partial charge in [0.15, 0.2) is 5.13 Å². The smallest absolute Gasteiger partial charge is 0.263 e. The molecule has 0 saturated carbocycles. The zero-order chi connectivity index (χ0) is 30.0. The monoisotopic (exact) mass is 634 g/mol. The highest BCUT2D eigenvalue weighted by molar-refractivity contribution is 7.93. The van der Waals surface area contributed by atoms with Crippen LogP contribution in [0.15, 0.2) is 90.0 Å². The van der Waals surface area contributed by atoms with Gasteiger partial charge in [0.2, 0.25) is 0 Å². The largest absolute Gasteiger partial charge is 0.497 e. The average Bonchev–Trinajstić information content (AvgIpc) is 3.42. The number of anilines is 4. The molecule has 0 spiro atoms. The first-order valence-electron chi connectivity index (χ1n) is 13.4. The fraction of sp³-hybridized carbons (Fsp3) is 0.167. The third-order valence-corrected chi connectivity index (χ3v) is 9.69. The molecule has 0 bridgehead atoms. The molecule has 2 aromatic heterocycles. The zero-order valence-electron chi connectivity index (χ0n) is 23.0. The van der Waals surface area contributed by atoms with Crippen molar-refractivity contribution in [2.75, 3.05) is 48.2 Å². The number of benzene rings is 3. The minimum absolute atomic E-state index is 0.0717.